The Kier molecular flexibility index (Phi) is 5.83. The average molecular weight is 333 g/mol. The van der Waals surface area contributed by atoms with Gasteiger partial charge in [0, 0.05) is 6.42 Å². The lowest BCUT2D eigenvalue weighted by atomic mass is 9.97. The molecule has 3 heteroatoms. The van der Waals surface area contributed by atoms with Gasteiger partial charge in [-0.2, -0.15) is 0 Å². The number of hydrogen-bond acceptors (Lipinski definition) is 3. The highest BCUT2D eigenvalue weighted by atomic mass is 16.5. The van der Waals surface area contributed by atoms with Crippen molar-refractivity contribution in [3.05, 3.63) is 102 Å². The normalized spacial score (nSPS) is 13.2. The average Bonchev–Trinajstić information content (AvgIpc) is 2.67. The van der Waals surface area contributed by atoms with Gasteiger partial charge in [-0.05, 0) is 28.8 Å². The van der Waals surface area contributed by atoms with Crippen LogP contribution in [0.25, 0.3) is 0 Å². The van der Waals surface area contributed by atoms with Crippen LogP contribution in [0.15, 0.2) is 84.9 Å². The maximum absolute atomic E-state index is 10.5. The van der Waals surface area contributed by atoms with E-state index in [1.807, 2.05) is 84.9 Å². The lowest BCUT2D eigenvalue weighted by Gasteiger charge is -2.20. The number of benzene rings is 3. The maximum Gasteiger partial charge on any atom is 0.120 e. The van der Waals surface area contributed by atoms with E-state index in [0.29, 0.717) is 13.0 Å². The molecular weight excluding hydrogens is 310 g/mol. The molecule has 0 spiro atoms. The van der Waals surface area contributed by atoms with E-state index in [1.165, 1.54) is 0 Å². The monoisotopic (exact) mass is 333 g/mol. The highest BCUT2D eigenvalue weighted by Gasteiger charge is 2.17. The van der Waals surface area contributed by atoms with Crippen LogP contribution < -0.4 is 10.5 Å². The van der Waals surface area contributed by atoms with Gasteiger partial charge in [0.15, 0.2) is 0 Å². The van der Waals surface area contributed by atoms with Gasteiger partial charge in [0.25, 0.3) is 0 Å². The number of aliphatic hydroxyl groups is 1. The summed E-state index contributed by atoms with van der Waals surface area (Å²) in [5.41, 5.74) is 9.31. The lowest BCUT2D eigenvalue weighted by molar-refractivity contribution is 0.145. The van der Waals surface area contributed by atoms with Gasteiger partial charge in [-0.3, -0.25) is 0 Å². The van der Waals surface area contributed by atoms with Gasteiger partial charge in [-0.25, -0.2) is 0 Å². The summed E-state index contributed by atoms with van der Waals surface area (Å²) in [6.07, 6.45) is -0.122. The quantitative estimate of drug-likeness (QED) is 0.690. The molecule has 3 nitrogen and oxygen atoms in total. The summed E-state index contributed by atoms with van der Waals surface area (Å²) < 4.78 is 5.84. The Morgan fingerprint density at radius 2 is 1.44 bits per heavy atom. The summed E-state index contributed by atoms with van der Waals surface area (Å²) >= 11 is 0. The number of nitrogens with two attached hydrogens (primary N) is 1. The Bertz CT molecular complexity index is 774. The molecule has 0 bridgehead atoms. The number of aliphatic hydroxyl groups excluding tert-OH is 1. The molecule has 0 saturated heterocycles. The summed E-state index contributed by atoms with van der Waals surface area (Å²) in [7, 11) is 0. The third-order valence-electron chi connectivity index (χ3n) is 4.19. The lowest BCUT2D eigenvalue weighted by Crippen LogP contribution is -2.28. The molecule has 0 radical (unpaired) electrons. The van der Waals surface area contributed by atoms with Crippen LogP contribution in [0.3, 0.4) is 0 Å². The van der Waals surface area contributed by atoms with Crippen molar-refractivity contribution in [2.75, 3.05) is 0 Å². The van der Waals surface area contributed by atoms with Crippen molar-refractivity contribution in [1.82, 2.24) is 0 Å². The smallest absolute Gasteiger partial charge is 0.120 e. The van der Waals surface area contributed by atoms with E-state index in [0.717, 1.165) is 22.4 Å². The van der Waals surface area contributed by atoms with Crippen molar-refractivity contribution in [2.45, 2.75) is 25.2 Å². The molecule has 0 aliphatic rings. The fourth-order valence-corrected chi connectivity index (χ4v) is 2.76. The van der Waals surface area contributed by atoms with E-state index < -0.39 is 12.1 Å². The van der Waals surface area contributed by atoms with Crippen molar-refractivity contribution in [1.29, 1.82) is 0 Å². The zero-order chi connectivity index (χ0) is 17.5. The van der Waals surface area contributed by atoms with Crippen LogP contribution in [-0.2, 0) is 13.0 Å². The molecule has 0 aromatic heterocycles. The molecular formula is C22H23NO2. The fraction of sp³-hybridized carbons (Fsp3) is 0.182. The van der Waals surface area contributed by atoms with E-state index in [-0.39, 0.29) is 0 Å². The van der Waals surface area contributed by atoms with Crippen LogP contribution in [0.2, 0.25) is 0 Å². The molecule has 3 aromatic carbocycles. The van der Waals surface area contributed by atoms with Gasteiger partial charge in [0.1, 0.15) is 12.4 Å². The molecule has 0 unspecified atom stereocenters. The molecule has 0 saturated carbocycles. The highest BCUT2D eigenvalue weighted by Crippen LogP contribution is 2.22. The summed E-state index contributed by atoms with van der Waals surface area (Å²) in [4.78, 5) is 0. The van der Waals surface area contributed by atoms with Crippen LogP contribution in [0, 0.1) is 0 Å². The first kappa shape index (κ1) is 17.2. The first-order valence-corrected chi connectivity index (χ1v) is 8.46. The largest absolute Gasteiger partial charge is 0.489 e. The SMILES string of the molecule is N[C@H](c1cccc(OCc2ccccc2)c1)[C@@H](O)Cc1ccccc1. The van der Waals surface area contributed by atoms with E-state index in [9.17, 15) is 5.11 Å². The molecule has 0 aliphatic heterocycles. The minimum Gasteiger partial charge on any atom is -0.489 e. The first-order chi connectivity index (χ1) is 12.2. The summed E-state index contributed by atoms with van der Waals surface area (Å²) in [5.74, 6) is 0.753. The molecule has 0 fully saturated rings. The van der Waals surface area contributed by atoms with E-state index in [2.05, 4.69) is 0 Å². The zero-order valence-electron chi connectivity index (χ0n) is 14.1. The van der Waals surface area contributed by atoms with E-state index >= 15 is 0 Å². The second kappa shape index (κ2) is 8.47. The van der Waals surface area contributed by atoms with Gasteiger partial charge < -0.3 is 15.6 Å². The van der Waals surface area contributed by atoms with Crippen LogP contribution >= 0.6 is 0 Å². The molecule has 25 heavy (non-hydrogen) atoms. The maximum atomic E-state index is 10.5. The van der Waals surface area contributed by atoms with E-state index in [4.69, 9.17) is 10.5 Å². The summed E-state index contributed by atoms with van der Waals surface area (Å²) in [5, 5.41) is 10.5. The zero-order valence-corrected chi connectivity index (χ0v) is 14.1. The molecule has 3 rings (SSSR count). The Labute approximate surface area is 148 Å². The van der Waals surface area contributed by atoms with Gasteiger partial charge in [-0.1, -0.05) is 72.8 Å². The predicted octanol–water partition coefficient (Wildman–Crippen LogP) is 3.87. The minimum absolute atomic E-state index is 0.458. The Hall–Kier alpha value is -2.62. The van der Waals surface area contributed by atoms with Gasteiger partial charge in [0.2, 0.25) is 0 Å². The Balaban J connectivity index is 1.63. The summed E-state index contributed by atoms with van der Waals surface area (Å²) in [6.45, 7) is 0.506. The Morgan fingerprint density at radius 1 is 0.800 bits per heavy atom. The van der Waals surface area contributed by atoms with Crippen molar-refractivity contribution >= 4 is 0 Å². The molecule has 128 valence electrons. The van der Waals surface area contributed by atoms with Crippen LogP contribution in [-0.4, -0.2) is 11.2 Å². The van der Waals surface area contributed by atoms with Gasteiger partial charge >= 0.3 is 0 Å². The second-order valence-corrected chi connectivity index (χ2v) is 6.13. The van der Waals surface area contributed by atoms with Crippen molar-refractivity contribution in [3.63, 3.8) is 0 Å². The third kappa shape index (κ3) is 4.92. The topological polar surface area (TPSA) is 55.5 Å². The molecule has 2 atom stereocenters. The highest BCUT2D eigenvalue weighted by molar-refractivity contribution is 5.32. The van der Waals surface area contributed by atoms with E-state index in [1.54, 1.807) is 0 Å². The predicted molar refractivity (Wildman–Crippen MR) is 100 cm³/mol. The molecule has 3 aromatic rings. The van der Waals surface area contributed by atoms with Crippen molar-refractivity contribution in [2.24, 2.45) is 5.73 Å². The number of rotatable bonds is 7. The molecule has 0 aliphatic carbocycles. The van der Waals surface area contributed by atoms with Crippen LogP contribution in [0.4, 0.5) is 0 Å². The van der Waals surface area contributed by atoms with Crippen LogP contribution in [0.5, 0.6) is 5.75 Å². The van der Waals surface area contributed by atoms with Crippen molar-refractivity contribution < 1.29 is 9.84 Å². The molecule has 0 amide bonds. The van der Waals surface area contributed by atoms with Crippen molar-refractivity contribution in [3.8, 4) is 5.75 Å². The molecule has 0 heterocycles. The third-order valence-corrected chi connectivity index (χ3v) is 4.19. The minimum atomic E-state index is -0.647. The van der Waals surface area contributed by atoms with Gasteiger partial charge in [-0.15, -0.1) is 0 Å². The molecule has 3 N–H and O–H groups in total. The number of hydrogen-bond donors (Lipinski definition) is 2. The first-order valence-electron chi connectivity index (χ1n) is 8.46. The fourth-order valence-electron chi connectivity index (χ4n) is 2.76. The number of ether oxygens (including phenoxy) is 1. The van der Waals surface area contributed by atoms with Crippen LogP contribution in [0.1, 0.15) is 22.7 Å². The van der Waals surface area contributed by atoms with Gasteiger partial charge in [0.05, 0.1) is 12.1 Å². The summed E-state index contributed by atoms with van der Waals surface area (Å²) in [6, 6.07) is 27.1. The standard InChI is InChI=1S/C22H23NO2/c23-22(21(24)14-17-8-3-1-4-9-17)19-12-7-13-20(15-19)25-16-18-10-5-2-6-11-18/h1-13,15,21-22,24H,14,16,23H2/t21-,22+/m0/s1. The Morgan fingerprint density at radius 3 is 2.12 bits per heavy atom. The second-order valence-electron chi connectivity index (χ2n) is 6.13.